The number of hydrogen-bond acceptors (Lipinski definition) is 5. The Hall–Kier alpha value is -1.69. The molecule has 3 heterocycles. The van der Waals surface area contributed by atoms with Crippen molar-refractivity contribution >= 4 is 0 Å². The van der Waals surface area contributed by atoms with Crippen molar-refractivity contribution in [1.29, 1.82) is 0 Å². The summed E-state index contributed by atoms with van der Waals surface area (Å²) >= 11 is 0. The molecule has 0 bridgehead atoms. The van der Waals surface area contributed by atoms with Crippen molar-refractivity contribution < 1.29 is 4.42 Å². The minimum Gasteiger partial charge on any atom is -0.444 e. The second-order valence-electron chi connectivity index (χ2n) is 6.09. The molecule has 0 saturated heterocycles. The van der Waals surface area contributed by atoms with Gasteiger partial charge in [0.25, 0.3) is 0 Å². The molecule has 0 radical (unpaired) electrons. The normalized spacial score (nSPS) is 18.2. The predicted molar refractivity (Wildman–Crippen MR) is 79.0 cm³/mol. The van der Waals surface area contributed by atoms with Crippen molar-refractivity contribution in [3.05, 3.63) is 29.0 Å². The zero-order valence-electron chi connectivity index (χ0n) is 13.2. The van der Waals surface area contributed by atoms with E-state index in [9.17, 15) is 0 Å². The molecule has 0 unspecified atom stereocenters. The Bertz CT molecular complexity index is 609. The van der Waals surface area contributed by atoms with E-state index < -0.39 is 0 Å². The lowest BCUT2D eigenvalue weighted by molar-refractivity contribution is 0.339. The Morgan fingerprint density at radius 3 is 2.81 bits per heavy atom. The number of aryl methyl sites for hydroxylation is 3. The van der Waals surface area contributed by atoms with Gasteiger partial charge in [0.1, 0.15) is 11.6 Å². The van der Waals surface area contributed by atoms with Crippen LogP contribution >= 0.6 is 0 Å². The molecule has 114 valence electrons. The molecule has 0 spiro atoms. The quantitative estimate of drug-likeness (QED) is 0.933. The van der Waals surface area contributed by atoms with Crippen molar-refractivity contribution in [2.45, 2.75) is 65.6 Å². The predicted octanol–water partition coefficient (Wildman–Crippen LogP) is 2.11. The van der Waals surface area contributed by atoms with E-state index in [2.05, 4.69) is 34.2 Å². The summed E-state index contributed by atoms with van der Waals surface area (Å²) in [5, 5.41) is 8.11. The monoisotopic (exact) mass is 289 g/mol. The zero-order valence-corrected chi connectivity index (χ0v) is 13.2. The maximum Gasteiger partial charge on any atom is 0.208 e. The number of nitrogens with zero attached hydrogens (tertiary/aromatic N) is 4. The van der Waals surface area contributed by atoms with Gasteiger partial charge in [0, 0.05) is 18.4 Å². The number of aromatic nitrogens is 4. The first-order valence-electron chi connectivity index (χ1n) is 7.63. The lowest BCUT2D eigenvalue weighted by Gasteiger charge is -2.22. The summed E-state index contributed by atoms with van der Waals surface area (Å²) in [5.74, 6) is 4.10. The molecule has 21 heavy (non-hydrogen) atoms. The minimum absolute atomic E-state index is 0.382. The third kappa shape index (κ3) is 3.00. The summed E-state index contributed by atoms with van der Waals surface area (Å²) in [7, 11) is 0. The summed E-state index contributed by atoms with van der Waals surface area (Å²) in [5.41, 5.74) is 0.968. The van der Waals surface area contributed by atoms with E-state index in [4.69, 9.17) is 4.42 Å². The van der Waals surface area contributed by atoms with Crippen LogP contribution < -0.4 is 5.32 Å². The Morgan fingerprint density at radius 2 is 2.14 bits per heavy atom. The zero-order chi connectivity index (χ0) is 15.0. The Morgan fingerprint density at radius 1 is 1.33 bits per heavy atom. The van der Waals surface area contributed by atoms with Crippen LogP contribution in [0.1, 0.15) is 55.2 Å². The number of oxazole rings is 1. The summed E-state index contributed by atoms with van der Waals surface area (Å²) < 4.78 is 7.65. The maximum absolute atomic E-state index is 5.60. The number of fused-ring (bicyclic) bond motifs is 1. The standard InChI is InChI=1S/C15H23N5O/c1-9(2)15-18-13-6-5-12(8-20(13)19-15)16-7-14-17-10(3)11(4)21-14/h9,12,16H,5-8H2,1-4H3/t12-/m0/s1. The molecule has 6 heteroatoms. The van der Waals surface area contributed by atoms with Crippen LogP contribution in [0.4, 0.5) is 0 Å². The average Bonchev–Trinajstić information content (AvgIpc) is 3.00. The summed E-state index contributed by atoms with van der Waals surface area (Å²) in [6, 6.07) is 0.395. The Kier molecular flexibility index (Phi) is 3.80. The fraction of sp³-hybridized carbons (Fsp3) is 0.667. The molecule has 0 saturated carbocycles. The smallest absolute Gasteiger partial charge is 0.208 e. The molecule has 3 rings (SSSR count). The van der Waals surface area contributed by atoms with Crippen LogP contribution in [0.2, 0.25) is 0 Å². The van der Waals surface area contributed by atoms with Crippen LogP contribution in [-0.2, 0) is 19.5 Å². The van der Waals surface area contributed by atoms with Gasteiger partial charge in [-0.05, 0) is 20.3 Å². The molecule has 6 nitrogen and oxygen atoms in total. The largest absolute Gasteiger partial charge is 0.444 e. The van der Waals surface area contributed by atoms with Crippen molar-refractivity contribution in [2.24, 2.45) is 0 Å². The molecule has 1 aliphatic heterocycles. The number of rotatable bonds is 4. The maximum atomic E-state index is 5.60. The molecular formula is C15H23N5O. The third-order valence-corrected chi connectivity index (χ3v) is 4.01. The lowest BCUT2D eigenvalue weighted by Crippen LogP contribution is -2.37. The molecule has 0 amide bonds. The van der Waals surface area contributed by atoms with Crippen molar-refractivity contribution in [3.63, 3.8) is 0 Å². The Balaban J connectivity index is 1.61. The first kappa shape index (κ1) is 14.3. The molecule has 0 aliphatic carbocycles. The summed E-state index contributed by atoms with van der Waals surface area (Å²) in [4.78, 5) is 9.01. The first-order valence-corrected chi connectivity index (χ1v) is 7.63. The lowest BCUT2D eigenvalue weighted by atomic mass is 10.1. The van der Waals surface area contributed by atoms with Gasteiger partial charge in [-0.15, -0.1) is 0 Å². The molecule has 2 aromatic heterocycles. The fourth-order valence-electron chi connectivity index (χ4n) is 2.59. The molecule has 0 aromatic carbocycles. The van der Waals surface area contributed by atoms with E-state index in [0.717, 1.165) is 48.4 Å². The SMILES string of the molecule is Cc1nc(CN[C@H]2CCc3nc(C(C)C)nn3C2)oc1C. The van der Waals surface area contributed by atoms with Crippen molar-refractivity contribution in [1.82, 2.24) is 25.1 Å². The molecule has 0 fully saturated rings. The molecular weight excluding hydrogens is 266 g/mol. The van der Waals surface area contributed by atoms with Gasteiger partial charge in [0.2, 0.25) is 5.89 Å². The van der Waals surface area contributed by atoms with Gasteiger partial charge in [0.15, 0.2) is 5.82 Å². The fourth-order valence-corrected chi connectivity index (χ4v) is 2.59. The van der Waals surface area contributed by atoms with Crippen LogP contribution in [0.5, 0.6) is 0 Å². The van der Waals surface area contributed by atoms with Crippen LogP contribution in [0.25, 0.3) is 0 Å². The van der Waals surface area contributed by atoms with E-state index in [-0.39, 0.29) is 0 Å². The number of hydrogen-bond donors (Lipinski definition) is 1. The number of nitrogens with one attached hydrogen (secondary N) is 1. The summed E-state index contributed by atoms with van der Waals surface area (Å²) in [6.07, 6.45) is 2.05. The third-order valence-electron chi connectivity index (χ3n) is 4.01. The Labute approximate surface area is 125 Å². The van der Waals surface area contributed by atoms with Crippen LogP contribution in [0.3, 0.4) is 0 Å². The van der Waals surface area contributed by atoms with Crippen LogP contribution in [0.15, 0.2) is 4.42 Å². The highest BCUT2D eigenvalue weighted by Gasteiger charge is 2.22. The first-order chi connectivity index (χ1) is 10.0. The van der Waals surface area contributed by atoms with Gasteiger partial charge in [-0.1, -0.05) is 13.8 Å². The second-order valence-corrected chi connectivity index (χ2v) is 6.09. The van der Waals surface area contributed by atoms with Crippen molar-refractivity contribution in [3.8, 4) is 0 Å². The molecule has 1 atom stereocenters. The van der Waals surface area contributed by atoms with Crippen LogP contribution in [-0.4, -0.2) is 25.8 Å². The van der Waals surface area contributed by atoms with Gasteiger partial charge >= 0.3 is 0 Å². The minimum atomic E-state index is 0.382. The highest BCUT2D eigenvalue weighted by atomic mass is 16.4. The molecule has 1 N–H and O–H groups in total. The summed E-state index contributed by atoms with van der Waals surface area (Å²) in [6.45, 7) is 9.71. The van der Waals surface area contributed by atoms with Crippen molar-refractivity contribution in [2.75, 3.05) is 0 Å². The second kappa shape index (κ2) is 5.60. The van der Waals surface area contributed by atoms with E-state index in [1.54, 1.807) is 0 Å². The van der Waals surface area contributed by atoms with Gasteiger partial charge in [-0.25, -0.2) is 14.6 Å². The highest BCUT2D eigenvalue weighted by molar-refractivity contribution is 5.05. The van der Waals surface area contributed by atoms with E-state index >= 15 is 0 Å². The average molecular weight is 289 g/mol. The van der Waals surface area contributed by atoms with Gasteiger partial charge in [-0.3, -0.25) is 0 Å². The topological polar surface area (TPSA) is 68.8 Å². The molecule has 1 aliphatic rings. The van der Waals surface area contributed by atoms with Gasteiger partial charge < -0.3 is 9.73 Å². The van der Waals surface area contributed by atoms with Gasteiger partial charge in [-0.2, -0.15) is 5.10 Å². The van der Waals surface area contributed by atoms with E-state index in [1.807, 2.05) is 18.5 Å². The molecule has 2 aromatic rings. The van der Waals surface area contributed by atoms with E-state index in [0.29, 0.717) is 18.5 Å². The van der Waals surface area contributed by atoms with E-state index in [1.165, 1.54) is 0 Å². The van der Waals surface area contributed by atoms with Gasteiger partial charge in [0.05, 0.1) is 18.8 Å². The van der Waals surface area contributed by atoms with Crippen LogP contribution in [0, 0.1) is 13.8 Å². The highest BCUT2D eigenvalue weighted by Crippen LogP contribution is 2.17.